The predicted octanol–water partition coefficient (Wildman–Crippen LogP) is 0.265. The summed E-state index contributed by atoms with van der Waals surface area (Å²) >= 11 is 1.52. The molecular formula is C10H10N6OS. The number of amidine groups is 1. The molecule has 2 aromatic heterocycles. The molecule has 1 aliphatic rings. The van der Waals surface area contributed by atoms with E-state index in [1.165, 1.54) is 11.8 Å². The zero-order valence-corrected chi connectivity index (χ0v) is 10.4. The molecule has 2 aromatic rings. The lowest BCUT2D eigenvalue weighted by Crippen LogP contribution is -2.28. The highest BCUT2D eigenvalue weighted by molar-refractivity contribution is 8.14. The fourth-order valence-electron chi connectivity index (χ4n) is 1.57. The highest BCUT2D eigenvalue weighted by Crippen LogP contribution is 2.09. The van der Waals surface area contributed by atoms with Crippen LogP contribution in [0.5, 0.6) is 0 Å². The summed E-state index contributed by atoms with van der Waals surface area (Å²) in [5.41, 5.74) is 0.874. The molecular weight excluding hydrogens is 252 g/mol. The predicted molar refractivity (Wildman–Crippen MR) is 67.7 cm³/mol. The van der Waals surface area contributed by atoms with Gasteiger partial charge in [0, 0.05) is 17.6 Å². The fraction of sp³-hybridized carbons (Fsp3) is 0.300. The molecule has 1 N–H and O–H groups in total. The average Bonchev–Trinajstić information content (AvgIpc) is 2.97. The number of nitrogens with one attached hydrogen (secondary N) is 1. The molecule has 3 rings (SSSR count). The van der Waals surface area contributed by atoms with E-state index in [1.807, 2.05) is 6.92 Å². The van der Waals surface area contributed by atoms with Crippen LogP contribution in [0, 0.1) is 6.92 Å². The van der Waals surface area contributed by atoms with E-state index in [2.05, 4.69) is 25.4 Å². The summed E-state index contributed by atoms with van der Waals surface area (Å²) in [7, 11) is 0. The van der Waals surface area contributed by atoms with E-state index >= 15 is 0 Å². The van der Waals surface area contributed by atoms with Crippen molar-refractivity contribution in [3.05, 3.63) is 23.8 Å². The molecule has 0 aliphatic carbocycles. The van der Waals surface area contributed by atoms with Gasteiger partial charge in [0.1, 0.15) is 0 Å². The van der Waals surface area contributed by atoms with Crippen molar-refractivity contribution < 1.29 is 4.79 Å². The van der Waals surface area contributed by atoms with Crippen LogP contribution in [0.25, 0.3) is 5.78 Å². The van der Waals surface area contributed by atoms with Crippen LogP contribution in [-0.2, 0) is 0 Å². The van der Waals surface area contributed by atoms with Gasteiger partial charge in [-0.05, 0) is 13.0 Å². The summed E-state index contributed by atoms with van der Waals surface area (Å²) in [6.07, 6.45) is 1.64. The highest BCUT2D eigenvalue weighted by atomic mass is 32.2. The van der Waals surface area contributed by atoms with Crippen LogP contribution in [0.4, 0.5) is 0 Å². The van der Waals surface area contributed by atoms with Crippen molar-refractivity contribution in [3.8, 4) is 0 Å². The van der Waals surface area contributed by atoms with Gasteiger partial charge in [0.15, 0.2) is 5.17 Å². The molecule has 8 heteroatoms. The molecule has 0 fully saturated rings. The lowest BCUT2D eigenvalue weighted by molar-refractivity contribution is 0.0968. The molecule has 0 saturated carbocycles. The Hall–Kier alpha value is -1.96. The number of nitrogens with zero attached hydrogens (tertiary/aromatic N) is 5. The standard InChI is InChI=1S/C10H10N6OS/c1-6-2-3-11-9-13-7(15-16(6)9)8(17)14-10-12-4-5-18-10/h2-3H,4-5H2,1H3,(H,12,14,17). The second-order valence-electron chi connectivity index (χ2n) is 3.72. The first-order chi connectivity index (χ1) is 8.74. The highest BCUT2D eigenvalue weighted by Gasteiger charge is 2.17. The monoisotopic (exact) mass is 262 g/mol. The Morgan fingerprint density at radius 2 is 2.44 bits per heavy atom. The molecule has 0 spiro atoms. The summed E-state index contributed by atoms with van der Waals surface area (Å²) < 4.78 is 1.54. The Balaban J connectivity index is 1.89. The number of carbonyl (C=O) groups is 1. The van der Waals surface area contributed by atoms with Gasteiger partial charge in [-0.2, -0.15) is 4.98 Å². The molecule has 0 saturated heterocycles. The molecule has 0 aromatic carbocycles. The average molecular weight is 262 g/mol. The van der Waals surface area contributed by atoms with Crippen LogP contribution in [0.3, 0.4) is 0 Å². The molecule has 1 aliphatic heterocycles. The van der Waals surface area contributed by atoms with Crippen molar-refractivity contribution in [3.63, 3.8) is 0 Å². The van der Waals surface area contributed by atoms with Crippen molar-refractivity contribution in [2.75, 3.05) is 12.3 Å². The summed E-state index contributed by atoms with van der Waals surface area (Å²) in [5.74, 6) is 1.07. The number of hydrogen-bond acceptors (Lipinski definition) is 6. The van der Waals surface area contributed by atoms with Crippen LogP contribution >= 0.6 is 11.8 Å². The molecule has 3 heterocycles. The second-order valence-corrected chi connectivity index (χ2v) is 4.81. The van der Waals surface area contributed by atoms with Gasteiger partial charge in [-0.15, -0.1) is 5.10 Å². The lowest BCUT2D eigenvalue weighted by Gasteiger charge is -1.98. The van der Waals surface area contributed by atoms with Crippen LogP contribution in [0.1, 0.15) is 16.3 Å². The van der Waals surface area contributed by atoms with Crippen molar-refractivity contribution in [1.29, 1.82) is 0 Å². The number of thioether (sulfide) groups is 1. The van der Waals surface area contributed by atoms with Gasteiger partial charge in [0.2, 0.25) is 5.82 Å². The smallest absolute Gasteiger partial charge is 0.296 e. The minimum atomic E-state index is -0.354. The molecule has 92 valence electrons. The number of carbonyl (C=O) groups excluding carboxylic acids is 1. The molecule has 1 amide bonds. The Kier molecular flexibility index (Phi) is 2.71. The van der Waals surface area contributed by atoms with Crippen molar-refractivity contribution >= 4 is 28.6 Å². The topological polar surface area (TPSA) is 84.5 Å². The van der Waals surface area contributed by atoms with E-state index in [0.29, 0.717) is 10.9 Å². The van der Waals surface area contributed by atoms with Crippen molar-refractivity contribution in [1.82, 2.24) is 24.9 Å². The van der Waals surface area contributed by atoms with Gasteiger partial charge in [0.05, 0.1) is 6.54 Å². The van der Waals surface area contributed by atoms with E-state index < -0.39 is 0 Å². The number of aromatic nitrogens is 4. The van der Waals surface area contributed by atoms with E-state index in [9.17, 15) is 4.79 Å². The Morgan fingerprint density at radius 3 is 3.17 bits per heavy atom. The maximum atomic E-state index is 11.9. The normalized spacial score (nSPS) is 14.8. The maximum Gasteiger partial charge on any atom is 0.296 e. The van der Waals surface area contributed by atoms with E-state index in [-0.39, 0.29) is 11.7 Å². The van der Waals surface area contributed by atoms with Crippen LogP contribution in [-0.4, -0.2) is 43.0 Å². The number of hydrogen-bond donors (Lipinski definition) is 1. The molecule has 0 bridgehead atoms. The molecule has 0 radical (unpaired) electrons. The first-order valence-electron chi connectivity index (χ1n) is 5.41. The Morgan fingerprint density at radius 1 is 1.56 bits per heavy atom. The minimum Gasteiger partial charge on any atom is -0.299 e. The number of aryl methyl sites for hydroxylation is 1. The Labute approximate surface area is 107 Å². The van der Waals surface area contributed by atoms with Gasteiger partial charge in [0.25, 0.3) is 11.7 Å². The van der Waals surface area contributed by atoms with E-state index in [1.54, 1.807) is 16.8 Å². The minimum absolute atomic E-state index is 0.104. The third-order valence-electron chi connectivity index (χ3n) is 2.44. The summed E-state index contributed by atoms with van der Waals surface area (Å²) in [5, 5.41) is 7.43. The summed E-state index contributed by atoms with van der Waals surface area (Å²) in [6.45, 7) is 2.61. The number of fused-ring (bicyclic) bond motifs is 1. The molecule has 0 atom stereocenters. The lowest BCUT2D eigenvalue weighted by atomic mass is 10.5. The van der Waals surface area contributed by atoms with E-state index in [0.717, 1.165) is 18.0 Å². The van der Waals surface area contributed by atoms with Crippen molar-refractivity contribution in [2.45, 2.75) is 6.92 Å². The summed E-state index contributed by atoms with van der Waals surface area (Å²) in [4.78, 5) is 24.2. The van der Waals surface area contributed by atoms with Gasteiger partial charge in [-0.1, -0.05) is 11.8 Å². The Bertz CT molecular complexity index is 649. The third kappa shape index (κ3) is 1.94. The zero-order valence-electron chi connectivity index (χ0n) is 9.62. The first kappa shape index (κ1) is 11.1. The van der Waals surface area contributed by atoms with Gasteiger partial charge in [-0.3, -0.25) is 15.1 Å². The summed E-state index contributed by atoms with van der Waals surface area (Å²) in [6, 6.07) is 1.81. The quantitative estimate of drug-likeness (QED) is 0.797. The maximum absolute atomic E-state index is 11.9. The first-order valence-corrected chi connectivity index (χ1v) is 6.39. The second kappa shape index (κ2) is 4.37. The molecule has 18 heavy (non-hydrogen) atoms. The van der Waals surface area contributed by atoms with Gasteiger partial charge < -0.3 is 0 Å². The van der Waals surface area contributed by atoms with Gasteiger partial charge in [-0.25, -0.2) is 9.50 Å². The fourth-order valence-corrected chi connectivity index (χ4v) is 2.29. The number of amides is 1. The number of aliphatic imine (C=N–C) groups is 1. The SMILES string of the molecule is Cc1ccnc2nc(C(=O)NC3=NCCS3)nn12. The number of rotatable bonds is 1. The molecule has 0 unspecified atom stereocenters. The van der Waals surface area contributed by atoms with Gasteiger partial charge >= 0.3 is 0 Å². The van der Waals surface area contributed by atoms with Crippen LogP contribution < -0.4 is 5.32 Å². The molecule has 7 nitrogen and oxygen atoms in total. The van der Waals surface area contributed by atoms with Crippen molar-refractivity contribution in [2.24, 2.45) is 4.99 Å². The van der Waals surface area contributed by atoms with E-state index in [4.69, 9.17) is 0 Å². The third-order valence-corrected chi connectivity index (χ3v) is 3.33. The van der Waals surface area contributed by atoms with Crippen LogP contribution in [0.2, 0.25) is 0 Å². The largest absolute Gasteiger partial charge is 0.299 e. The zero-order chi connectivity index (χ0) is 12.5. The van der Waals surface area contributed by atoms with Crippen LogP contribution in [0.15, 0.2) is 17.3 Å².